The summed E-state index contributed by atoms with van der Waals surface area (Å²) in [5.74, 6) is 1.26. The molecule has 6 heterocycles. The zero-order valence-electron chi connectivity index (χ0n) is 32.1. The maximum Gasteiger partial charge on any atom is 0.263 e. The number of fused-ring (bicyclic) bond motifs is 1. The van der Waals surface area contributed by atoms with Crippen LogP contribution in [0.1, 0.15) is 128 Å². The quantitative estimate of drug-likeness (QED) is 0.144. The molecule has 1 unspecified atom stereocenters. The number of ketones is 1. The SMILES string of the molecule is CC(=O)c1c(C)c2cnc(Nc3ccc(C4CCN(CCN5CCC(c6ccc(C7CCC(=O)NC7=O)cc6)CC5)CC4)cn3)nc2n(C2CCCC2)c1=O. The van der Waals surface area contributed by atoms with Gasteiger partial charge in [0.2, 0.25) is 17.8 Å². The van der Waals surface area contributed by atoms with Crippen molar-refractivity contribution in [2.24, 2.45) is 0 Å². The van der Waals surface area contributed by atoms with Crippen LogP contribution in [0.3, 0.4) is 0 Å². The van der Waals surface area contributed by atoms with Gasteiger partial charge in [-0.05, 0) is 125 Å². The Morgan fingerprint density at radius 2 is 1.40 bits per heavy atom. The average molecular weight is 745 g/mol. The molecule has 2 N–H and O–H groups in total. The molecule has 0 radical (unpaired) electrons. The lowest BCUT2D eigenvalue weighted by molar-refractivity contribution is -0.134. The third-order valence-corrected chi connectivity index (χ3v) is 12.7. The lowest BCUT2D eigenvalue weighted by Gasteiger charge is -2.36. The van der Waals surface area contributed by atoms with Crippen LogP contribution in [-0.4, -0.2) is 86.2 Å². The van der Waals surface area contributed by atoms with E-state index < -0.39 is 0 Å². The fourth-order valence-electron chi connectivity index (χ4n) is 9.42. The van der Waals surface area contributed by atoms with E-state index >= 15 is 0 Å². The molecule has 4 aliphatic rings. The number of aryl methyl sites for hydroxylation is 1. The van der Waals surface area contributed by atoms with Crippen LogP contribution in [0.25, 0.3) is 11.0 Å². The number of nitrogens with one attached hydrogen (secondary N) is 2. The smallest absolute Gasteiger partial charge is 0.263 e. The van der Waals surface area contributed by atoms with E-state index in [1.807, 2.05) is 19.2 Å². The van der Waals surface area contributed by atoms with Crippen LogP contribution < -0.4 is 16.2 Å². The summed E-state index contributed by atoms with van der Waals surface area (Å²) in [7, 11) is 0. The fraction of sp³-hybridized carbons (Fsp3) is 0.512. The van der Waals surface area contributed by atoms with E-state index in [2.05, 4.69) is 55.7 Å². The van der Waals surface area contributed by atoms with E-state index in [4.69, 9.17) is 9.97 Å². The van der Waals surface area contributed by atoms with Gasteiger partial charge in [0.15, 0.2) is 5.78 Å². The number of carbonyl (C=O) groups is 3. The summed E-state index contributed by atoms with van der Waals surface area (Å²) in [6.07, 6.45) is 13.1. The van der Waals surface area contributed by atoms with E-state index in [1.54, 1.807) is 10.8 Å². The van der Waals surface area contributed by atoms with E-state index in [0.29, 0.717) is 47.7 Å². The number of rotatable bonds is 10. The van der Waals surface area contributed by atoms with Crippen molar-refractivity contribution >= 4 is 40.4 Å². The number of hydrogen-bond donors (Lipinski definition) is 2. The monoisotopic (exact) mass is 744 g/mol. The molecule has 8 rings (SSSR count). The van der Waals surface area contributed by atoms with Gasteiger partial charge in [0, 0.05) is 43.3 Å². The molecule has 288 valence electrons. The first kappa shape index (κ1) is 37.1. The molecule has 1 aliphatic carbocycles. The van der Waals surface area contributed by atoms with Gasteiger partial charge in [0.1, 0.15) is 11.5 Å². The topological polar surface area (TPSA) is 142 Å². The maximum absolute atomic E-state index is 13.6. The Labute approximate surface area is 322 Å². The minimum absolute atomic E-state index is 0.0319. The highest BCUT2D eigenvalue weighted by molar-refractivity contribution is 6.01. The molecule has 3 aromatic heterocycles. The van der Waals surface area contributed by atoms with E-state index in [9.17, 15) is 19.2 Å². The number of piperidine rings is 3. The van der Waals surface area contributed by atoms with E-state index in [0.717, 1.165) is 102 Å². The van der Waals surface area contributed by atoms with Gasteiger partial charge >= 0.3 is 0 Å². The summed E-state index contributed by atoms with van der Waals surface area (Å²) in [4.78, 5) is 69.1. The molecule has 1 aromatic carbocycles. The molecule has 0 spiro atoms. The zero-order chi connectivity index (χ0) is 38.1. The number of benzene rings is 1. The minimum Gasteiger partial charge on any atom is -0.309 e. The predicted molar refractivity (Wildman–Crippen MR) is 212 cm³/mol. The predicted octanol–water partition coefficient (Wildman–Crippen LogP) is 6.14. The molecular weight excluding hydrogens is 693 g/mol. The third-order valence-electron chi connectivity index (χ3n) is 12.7. The number of hydrogen-bond acceptors (Lipinski definition) is 10. The number of carbonyl (C=O) groups excluding carboxylic acids is 3. The Kier molecular flexibility index (Phi) is 10.9. The fourth-order valence-corrected chi connectivity index (χ4v) is 9.42. The van der Waals surface area contributed by atoms with Crippen LogP contribution in [0, 0.1) is 6.92 Å². The third kappa shape index (κ3) is 7.98. The molecule has 1 atom stereocenters. The molecule has 3 aliphatic heterocycles. The van der Waals surface area contributed by atoms with Gasteiger partial charge in [-0.1, -0.05) is 43.2 Å². The first-order valence-corrected chi connectivity index (χ1v) is 20.3. The molecule has 4 fully saturated rings. The molecule has 12 heteroatoms. The van der Waals surface area contributed by atoms with Gasteiger partial charge in [-0.3, -0.25) is 29.1 Å². The van der Waals surface area contributed by atoms with Crippen LogP contribution in [0.4, 0.5) is 11.8 Å². The van der Waals surface area contributed by atoms with Crippen LogP contribution in [0.2, 0.25) is 0 Å². The normalized spacial score (nSPS) is 20.9. The van der Waals surface area contributed by atoms with Gasteiger partial charge in [0.25, 0.3) is 5.56 Å². The second-order valence-corrected chi connectivity index (χ2v) is 16.1. The van der Waals surface area contributed by atoms with Crippen molar-refractivity contribution in [2.45, 2.75) is 102 Å². The van der Waals surface area contributed by atoms with Crippen molar-refractivity contribution in [3.8, 4) is 0 Å². The van der Waals surface area contributed by atoms with Crippen molar-refractivity contribution in [1.82, 2.24) is 34.6 Å². The molecule has 3 saturated heterocycles. The summed E-state index contributed by atoms with van der Waals surface area (Å²) in [6, 6.07) is 12.7. The maximum atomic E-state index is 13.6. The standard InChI is InChI=1S/C43H52N8O4/c1-27-36-26-45-43(48-40(36)51(34-5-3-4-6-34)42(55)39(27)28(2)52)46-37-13-11-33(25-44-37)31-17-21-50(22-18-31)24-23-49-19-15-30(16-20-49)29-7-9-32(10-8-29)35-12-14-38(53)47-41(35)54/h7-11,13,25-26,30-31,34-35H,3-6,12,14-24H2,1-2H3,(H,47,53,54)(H,44,45,46,48). The summed E-state index contributed by atoms with van der Waals surface area (Å²) < 4.78 is 1.74. The number of imide groups is 1. The van der Waals surface area contributed by atoms with Crippen molar-refractivity contribution in [1.29, 1.82) is 0 Å². The Morgan fingerprint density at radius 1 is 0.782 bits per heavy atom. The van der Waals surface area contributed by atoms with E-state index in [1.165, 1.54) is 18.1 Å². The van der Waals surface area contributed by atoms with Crippen molar-refractivity contribution < 1.29 is 14.4 Å². The van der Waals surface area contributed by atoms with E-state index in [-0.39, 0.29) is 40.7 Å². The minimum atomic E-state index is -0.253. The van der Waals surface area contributed by atoms with Crippen LogP contribution in [0.15, 0.2) is 53.6 Å². The Hall–Kier alpha value is -4.81. The van der Waals surface area contributed by atoms with Gasteiger partial charge < -0.3 is 15.1 Å². The highest BCUT2D eigenvalue weighted by atomic mass is 16.2. The molecule has 4 aromatic rings. The summed E-state index contributed by atoms with van der Waals surface area (Å²) >= 11 is 0. The first-order valence-electron chi connectivity index (χ1n) is 20.3. The highest BCUT2D eigenvalue weighted by Gasteiger charge is 2.29. The first-order chi connectivity index (χ1) is 26.7. The van der Waals surface area contributed by atoms with Gasteiger partial charge in [-0.2, -0.15) is 4.98 Å². The molecule has 12 nitrogen and oxygen atoms in total. The summed E-state index contributed by atoms with van der Waals surface area (Å²) in [5, 5.41) is 6.46. The number of Topliss-reactive ketones (excluding diaryl/α,β-unsaturated/α-hetero) is 1. The zero-order valence-corrected chi connectivity index (χ0v) is 32.1. The highest BCUT2D eigenvalue weighted by Crippen LogP contribution is 2.34. The molecular formula is C43H52N8O4. The molecule has 55 heavy (non-hydrogen) atoms. The Balaban J connectivity index is 0.808. The number of aromatic nitrogens is 4. The van der Waals surface area contributed by atoms with Crippen molar-refractivity contribution in [2.75, 3.05) is 44.6 Å². The molecule has 0 bridgehead atoms. The Bertz CT molecular complexity index is 2110. The second kappa shape index (κ2) is 16.1. The Morgan fingerprint density at radius 3 is 2.00 bits per heavy atom. The second-order valence-electron chi connectivity index (χ2n) is 16.1. The molecule has 2 amide bonds. The molecule has 1 saturated carbocycles. The van der Waals surface area contributed by atoms with Crippen molar-refractivity contribution in [3.05, 3.63) is 87.0 Å². The van der Waals surface area contributed by atoms with Crippen molar-refractivity contribution in [3.63, 3.8) is 0 Å². The lowest BCUT2D eigenvalue weighted by atomic mass is 9.86. The van der Waals surface area contributed by atoms with Crippen LogP contribution in [-0.2, 0) is 9.59 Å². The summed E-state index contributed by atoms with van der Waals surface area (Å²) in [5.41, 5.74) is 4.79. The number of anilines is 2. The van der Waals surface area contributed by atoms with Gasteiger partial charge in [-0.25, -0.2) is 9.97 Å². The lowest BCUT2D eigenvalue weighted by Crippen LogP contribution is -2.41. The number of pyridine rings is 2. The largest absolute Gasteiger partial charge is 0.309 e. The average Bonchev–Trinajstić information content (AvgIpc) is 3.73. The van der Waals surface area contributed by atoms with Crippen LogP contribution in [0.5, 0.6) is 0 Å². The number of amides is 2. The number of likely N-dealkylation sites (tertiary alicyclic amines) is 2. The number of nitrogens with zero attached hydrogens (tertiary/aromatic N) is 6. The van der Waals surface area contributed by atoms with Crippen LogP contribution >= 0.6 is 0 Å². The summed E-state index contributed by atoms with van der Waals surface area (Å²) in [6.45, 7) is 9.82. The van der Waals surface area contributed by atoms with Gasteiger partial charge in [0.05, 0.1) is 11.5 Å². The van der Waals surface area contributed by atoms with Gasteiger partial charge in [-0.15, -0.1) is 0 Å².